The standard InChI is InChI=1S/C4H7BrO/c5-4-1-3(4)2-6/h3-4,6H,1-2H2. The van der Waals surface area contributed by atoms with Gasteiger partial charge in [-0.25, -0.2) is 0 Å². The van der Waals surface area contributed by atoms with E-state index in [1.54, 1.807) is 0 Å². The second-order valence-electron chi connectivity index (χ2n) is 1.69. The summed E-state index contributed by atoms with van der Waals surface area (Å²) < 4.78 is 0. The van der Waals surface area contributed by atoms with Crippen LogP contribution in [-0.4, -0.2) is 16.5 Å². The van der Waals surface area contributed by atoms with Gasteiger partial charge in [-0.05, 0) is 12.3 Å². The lowest BCUT2D eigenvalue weighted by atomic mass is 10.5. The Morgan fingerprint density at radius 1 is 1.83 bits per heavy atom. The molecule has 0 aromatic heterocycles. The van der Waals surface area contributed by atoms with Crippen LogP contribution in [0.5, 0.6) is 0 Å². The third-order valence-electron chi connectivity index (χ3n) is 1.07. The Morgan fingerprint density at radius 3 is 2.33 bits per heavy atom. The highest BCUT2D eigenvalue weighted by atomic mass is 79.9. The molecule has 2 heteroatoms. The molecule has 0 aromatic carbocycles. The lowest BCUT2D eigenvalue weighted by Crippen LogP contribution is -1.84. The van der Waals surface area contributed by atoms with Crippen LogP contribution in [0.1, 0.15) is 6.42 Å². The molecule has 0 saturated heterocycles. The molecule has 1 nitrogen and oxygen atoms in total. The minimum absolute atomic E-state index is 0.357. The van der Waals surface area contributed by atoms with Crippen LogP contribution >= 0.6 is 15.9 Å². The first-order chi connectivity index (χ1) is 2.84. The number of halogens is 1. The Morgan fingerprint density at radius 2 is 2.33 bits per heavy atom. The van der Waals surface area contributed by atoms with Crippen LogP contribution in [0.3, 0.4) is 0 Å². The summed E-state index contributed by atoms with van der Waals surface area (Å²) in [7, 11) is 0. The molecule has 0 radical (unpaired) electrons. The third-order valence-corrected chi connectivity index (χ3v) is 2.19. The molecule has 0 amide bonds. The van der Waals surface area contributed by atoms with Crippen molar-refractivity contribution >= 4 is 15.9 Å². The Kier molecular flexibility index (Phi) is 1.15. The normalized spacial score (nSPS) is 43.0. The van der Waals surface area contributed by atoms with Crippen molar-refractivity contribution in [1.29, 1.82) is 0 Å². The molecule has 1 saturated carbocycles. The van der Waals surface area contributed by atoms with Gasteiger partial charge in [-0.1, -0.05) is 15.9 Å². The number of aliphatic hydroxyl groups is 1. The summed E-state index contributed by atoms with van der Waals surface area (Å²) in [4.78, 5) is 0.627. The van der Waals surface area contributed by atoms with E-state index in [0.29, 0.717) is 17.4 Å². The molecule has 1 fully saturated rings. The fraction of sp³-hybridized carbons (Fsp3) is 1.00. The van der Waals surface area contributed by atoms with E-state index in [9.17, 15) is 0 Å². The highest BCUT2D eigenvalue weighted by Gasteiger charge is 2.33. The quantitative estimate of drug-likeness (QED) is 0.548. The molecule has 1 rings (SSSR count). The Labute approximate surface area is 45.5 Å². The van der Waals surface area contributed by atoms with E-state index < -0.39 is 0 Å². The van der Waals surface area contributed by atoms with Crippen molar-refractivity contribution < 1.29 is 5.11 Å². The zero-order valence-corrected chi connectivity index (χ0v) is 4.98. The van der Waals surface area contributed by atoms with Crippen molar-refractivity contribution in [2.24, 2.45) is 5.92 Å². The zero-order chi connectivity index (χ0) is 4.57. The number of aliphatic hydroxyl groups excluding tert-OH is 1. The zero-order valence-electron chi connectivity index (χ0n) is 3.39. The molecule has 0 aliphatic heterocycles. The van der Waals surface area contributed by atoms with E-state index in [4.69, 9.17) is 5.11 Å². The van der Waals surface area contributed by atoms with Crippen molar-refractivity contribution in [3.05, 3.63) is 0 Å². The Balaban J connectivity index is 2.09. The van der Waals surface area contributed by atoms with Gasteiger partial charge in [-0.15, -0.1) is 0 Å². The largest absolute Gasteiger partial charge is 0.396 e. The van der Waals surface area contributed by atoms with Crippen molar-refractivity contribution in [3.8, 4) is 0 Å². The van der Waals surface area contributed by atoms with Gasteiger partial charge < -0.3 is 5.11 Å². The smallest absolute Gasteiger partial charge is 0.0470 e. The highest BCUT2D eigenvalue weighted by Crippen LogP contribution is 2.36. The van der Waals surface area contributed by atoms with Gasteiger partial charge in [0, 0.05) is 11.4 Å². The van der Waals surface area contributed by atoms with Crippen LogP contribution in [0, 0.1) is 5.92 Å². The minimum Gasteiger partial charge on any atom is -0.396 e. The second-order valence-corrected chi connectivity index (χ2v) is 2.87. The van der Waals surface area contributed by atoms with Crippen LogP contribution in [-0.2, 0) is 0 Å². The number of hydrogen-bond donors (Lipinski definition) is 1. The summed E-state index contributed by atoms with van der Waals surface area (Å²) in [5.41, 5.74) is 0. The third kappa shape index (κ3) is 0.738. The summed E-state index contributed by atoms with van der Waals surface area (Å²) in [5.74, 6) is 0.574. The fourth-order valence-electron chi connectivity index (χ4n) is 0.400. The molecular weight excluding hydrogens is 144 g/mol. The van der Waals surface area contributed by atoms with Crippen molar-refractivity contribution in [3.63, 3.8) is 0 Å². The molecule has 6 heavy (non-hydrogen) atoms. The van der Waals surface area contributed by atoms with E-state index in [2.05, 4.69) is 15.9 Å². The predicted molar refractivity (Wildman–Crippen MR) is 27.9 cm³/mol. The first kappa shape index (κ1) is 4.60. The first-order valence-corrected chi connectivity index (χ1v) is 3.01. The number of alkyl halides is 1. The van der Waals surface area contributed by atoms with Gasteiger partial charge in [0.25, 0.3) is 0 Å². The number of rotatable bonds is 1. The predicted octanol–water partition coefficient (Wildman–Crippen LogP) is 0.762. The summed E-state index contributed by atoms with van der Waals surface area (Å²) in [5, 5.41) is 8.35. The average molecular weight is 151 g/mol. The van der Waals surface area contributed by atoms with Crippen LogP contribution in [0.15, 0.2) is 0 Å². The van der Waals surface area contributed by atoms with Crippen LogP contribution in [0.2, 0.25) is 0 Å². The molecule has 1 aliphatic rings. The molecule has 0 spiro atoms. The van der Waals surface area contributed by atoms with Gasteiger partial charge in [0.15, 0.2) is 0 Å². The fourth-order valence-corrected chi connectivity index (χ4v) is 1.05. The molecular formula is C4H7BrO. The molecule has 2 unspecified atom stereocenters. The topological polar surface area (TPSA) is 20.2 Å². The van der Waals surface area contributed by atoms with Crippen molar-refractivity contribution in [1.82, 2.24) is 0 Å². The van der Waals surface area contributed by atoms with Gasteiger partial charge in [0.1, 0.15) is 0 Å². The average Bonchev–Trinajstić information content (AvgIpc) is 2.19. The van der Waals surface area contributed by atoms with E-state index in [0.717, 1.165) is 6.42 Å². The van der Waals surface area contributed by atoms with Gasteiger partial charge in [-0.2, -0.15) is 0 Å². The van der Waals surface area contributed by atoms with Crippen LogP contribution in [0.4, 0.5) is 0 Å². The summed E-state index contributed by atoms with van der Waals surface area (Å²) >= 11 is 3.35. The SMILES string of the molecule is OCC1CC1Br. The van der Waals surface area contributed by atoms with E-state index in [1.807, 2.05) is 0 Å². The van der Waals surface area contributed by atoms with Crippen LogP contribution < -0.4 is 0 Å². The van der Waals surface area contributed by atoms with Crippen molar-refractivity contribution in [2.75, 3.05) is 6.61 Å². The minimum atomic E-state index is 0.357. The van der Waals surface area contributed by atoms with E-state index in [-0.39, 0.29) is 0 Å². The summed E-state index contributed by atoms with van der Waals surface area (Å²) in [6, 6.07) is 0. The summed E-state index contributed by atoms with van der Waals surface area (Å²) in [6.45, 7) is 0.357. The molecule has 1 N–H and O–H groups in total. The molecule has 0 bridgehead atoms. The van der Waals surface area contributed by atoms with Gasteiger partial charge in [0.2, 0.25) is 0 Å². The maximum Gasteiger partial charge on any atom is 0.0470 e. The lowest BCUT2D eigenvalue weighted by molar-refractivity contribution is 0.277. The van der Waals surface area contributed by atoms with Crippen LogP contribution in [0.25, 0.3) is 0 Å². The summed E-state index contributed by atoms with van der Waals surface area (Å²) in [6.07, 6.45) is 1.16. The van der Waals surface area contributed by atoms with Gasteiger partial charge in [-0.3, -0.25) is 0 Å². The maximum absolute atomic E-state index is 8.35. The lowest BCUT2D eigenvalue weighted by Gasteiger charge is -1.78. The molecule has 36 valence electrons. The Hall–Kier alpha value is 0.440. The second kappa shape index (κ2) is 1.51. The number of hydrogen-bond acceptors (Lipinski definition) is 1. The first-order valence-electron chi connectivity index (χ1n) is 2.09. The van der Waals surface area contributed by atoms with Crippen molar-refractivity contribution in [2.45, 2.75) is 11.2 Å². The van der Waals surface area contributed by atoms with Gasteiger partial charge in [0.05, 0.1) is 0 Å². The van der Waals surface area contributed by atoms with E-state index in [1.165, 1.54) is 0 Å². The Bertz CT molecular complexity index is 53.5. The molecule has 0 aromatic rings. The molecule has 1 aliphatic carbocycles. The molecule has 0 heterocycles. The molecule has 2 atom stereocenters. The van der Waals surface area contributed by atoms with E-state index >= 15 is 0 Å². The maximum atomic E-state index is 8.35. The monoisotopic (exact) mass is 150 g/mol. The highest BCUT2D eigenvalue weighted by molar-refractivity contribution is 9.09. The van der Waals surface area contributed by atoms with Gasteiger partial charge >= 0.3 is 0 Å².